The first-order valence-corrected chi connectivity index (χ1v) is 7.42. The number of carbonyl (C=O) groups excluding carboxylic acids is 1. The quantitative estimate of drug-likeness (QED) is 0.529. The monoisotopic (exact) mass is 293 g/mol. The summed E-state index contributed by atoms with van der Waals surface area (Å²) in [7, 11) is 0. The smallest absolute Gasteiger partial charge is 0.253 e. The fourth-order valence-electron chi connectivity index (χ4n) is 2.30. The molecule has 1 aromatic carbocycles. The van der Waals surface area contributed by atoms with Crippen LogP contribution >= 0.6 is 11.6 Å². The summed E-state index contributed by atoms with van der Waals surface area (Å²) in [5, 5.41) is 0. The van der Waals surface area contributed by atoms with Gasteiger partial charge in [0, 0.05) is 18.7 Å². The van der Waals surface area contributed by atoms with E-state index in [2.05, 4.69) is 11.9 Å². The van der Waals surface area contributed by atoms with Gasteiger partial charge in [0.05, 0.1) is 11.6 Å². The van der Waals surface area contributed by atoms with Gasteiger partial charge in [-0.2, -0.15) is 0 Å². The van der Waals surface area contributed by atoms with Crippen molar-refractivity contribution in [1.82, 2.24) is 4.90 Å². The molecule has 0 aliphatic carbocycles. The highest BCUT2D eigenvalue weighted by atomic mass is 35.5. The minimum Gasteiger partial charge on any atom is -0.386 e. The van der Waals surface area contributed by atoms with Gasteiger partial charge in [0.2, 0.25) is 0 Å². The molecule has 1 fully saturated rings. The third-order valence-electron chi connectivity index (χ3n) is 3.57. The molecule has 1 heterocycles. The molecule has 0 unspecified atom stereocenters. The van der Waals surface area contributed by atoms with Gasteiger partial charge in [-0.05, 0) is 37.0 Å². The van der Waals surface area contributed by atoms with Gasteiger partial charge in [-0.3, -0.25) is 4.79 Å². The van der Waals surface area contributed by atoms with Gasteiger partial charge in [0.15, 0.2) is 0 Å². The molecule has 0 radical (unpaired) electrons. The molecule has 0 saturated carbocycles. The van der Waals surface area contributed by atoms with Crippen LogP contribution in [0.5, 0.6) is 0 Å². The second kappa shape index (κ2) is 6.75. The number of halogens is 1. The van der Waals surface area contributed by atoms with E-state index in [0.717, 1.165) is 25.9 Å². The predicted octanol–water partition coefficient (Wildman–Crippen LogP) is 2.79. The number of hydrogen-bond donors (Lipinski definition) is 1. The van der Waals surface area contributed by atoms with Gasteiger partial charge in [-0.15, -0.1) is 11.6 Å². The SMILES string of the molecule is CC1CCN(C(=O)c2cccc(N=C(N)CCl)c2)CC1. The zero-order valence-corrected chi connectivity index (χ0v) is 12.4. The van der Waals surface area contributed by atoms with E-state index in [0.29, 0.717) is 23.0 Å². The molecule has 1 aromatic rings. The minimum atomic E-state index is 0.0680. The zero-order chi connectivity index (χ0) is 14.5. The molecule has 20 heavy (non-hydrogen) atoms. The van der Waals surface area contributed by atoms with Crippen molar-refractivity contribution in [2.75, 3.05) is 19.0 Å². The first-order valence-electron chi connectivity index (χ1n) is 6.88. The van der Waals surface area contributed by atoms with Crippen LogP contribution in [0.15, 0.2) is 29.3 Å². The van der Waals surface area contributed by atoms with E-state index in [1.54, 1.807) is 6.07 Å². The molecule has 0 spiro atoms. The van der Waals surface area contributed by atoms with E-state index in [4.69, 9.17) is 17.3 Å². The van der Waals surface area contributed by atoms with Crippen LogP contribution in [0.4, 0.5) is 5.69 Å². The average Bonchev–Trinajstić information content (AvgIpc) is 2.47. The number of nitrogens with zero attached hydrogens (tertiary/aromatic N) is 2. The van der Waals surface area contributed by atoms with Gasteiger partial charge >= 0.3 is 0 Å². The number of benzene rings is 1. The molecule has 1 amide bonds. The van der Waals surface area contributed by atoms with Crippen molar-refractivity contribution in [2.24, 2.45) is 16.6 Å². The Morgan fingerprint density at radius 3 is 2.80 bits per heavy atom. The molecular weight excluding hydrogens is 274 g/mol. The lowest BCUT2D eigenvalue weighted by molar-refractivity contribution is 0.0697. The topological polar surface area (TPSA) is 58.7 Å². The number of amidine groups is 1. The normalized spacial score (nSPS) is 17.3. The number of piperidine rings is 1. The summed E-state index contributed by atoms with van der Waals surface area (Å²) in [6.07, 6.45) is 2.14. The second-order valence-corrected chi connectivity index (χ2v) is 5.53. The number of alkyl halides is 1. The summed E-state index contributed by atoms with van der Waals surface area (Å²) in [6, 6.07) is 7.21. The first-order chi connectivity index (χ1) is 9.60. The van der Waals surface area contributed by atoms with Crippen molar-refractivity contribution in [3.8, 4) is 0 Å². The molecule has 4 nitrogen and oxygen atoms in total. The molecule has 0 atom stereocenters. The second-order valence-electron chi connectivity index (χ2n) is 5.26. The number of rotatable bonds is 3. The minimum absolute atomic E-state index is 0.0680. The van der Waals surface area contributed by atoms with E-state index >= 15 is 0 Å². The molecule has 1 aliphatic rings. The van der Waals surface area contributed by atoms with Crippen molar-refractivity contribution in [3.05, 3.63) is 29.8 Å². The Bertz CT molecular complexity index is 508. The maximum absolute atomic E-state index is 12.4. The number of likely N-dealkylation sites (tertiary alicyclic amines) is 1. The number of carbonyl (C=O) groups is 1. The highest BCUT2D eigenvalue weighted by molar-refractivity contribution is 6.28. The van der Waals surface area contributed by atoms with Crippen molar-refractivity contribution < 1.29 is 4.79 Å². The maximum atomic E-state index is 12.4. The van der Waals surface area contributed by atoms with Crippen LogP contribution in [0.3, 0.4) is 0 Å². The Hall–Kier alpha value is -1.55. The Labute approximate surface area is 124 Å². The van der Waals surface area contributed by atoms with Gasteiger partial charge in [-0.1, -0.05) is 13.0 Å². The molecule has 1 aliphatic heterocycles. The third kappa shape index (κ3) is 3.73. The van der Waals surface area contributed by atoms with Crippen LogP contribution in [-0.2, 0) is 0 Å². The van der Waals surface area contributed by atoms with Crippen LogP contribution in [0.2, 0.25) is 0 Å². The lowest BCUT2D eigenvalue weighted by Gasteiger charge is -2.30. The van der Waals surface area contributed by atoms with Gasteiger partial charge in [-0.25, -0.2) is 4.99 Å². The van der Waals surface area contributed by atoms with Crippen LogP contribution in [0.1, 0.15) is 30.1 Å². The summed E-state index contributed by atoms with van der Waals surface area (Å²) in [5.74, 6) is 1.31. The zero-order valence-electron chi connectivity index (χ0n) is 11.7. The fourth-order valence-corrected chi connectivity index (χ4v) is 2.36. The number of nitrogens with two attached hydrogens (primary N) is 1. The molecule has 2 N–H and O–H groups in total. The Morgan fingerprint density at radius 2 is 2.15 bits per heavy atom. The van der Waals surface area contributed by atoms with Crippen LogP contribution in [0.25, 0.3) is 0 Å². The number of aliphatic imine (C=N–C) groups is 1. The van der Waals surface area contributed by atoms with Crippen molar-refractivity contribution >= 4 is 29.0 Å². The van der Waals surface area contributed by atoms with Crippen molar-refractivity contribution in [1.29, 1.82) is 0 Å². The van der Waals surface area contributed by atoms with Gasteiger partial charge in [0.1, 0.15) is 5.84 Å². The molecular formula is C15H20ClN3O. The van der Waals surface area contributed by atoms with E-state index in [9.17, 15) is 4.79 Å². The third-order valence-corrected chi connectivity index (χ3v) is 3.85. The number of hydrogen-bond acceptors (Lipinski definition) is 2. The van der Waals surface area contributed by atoms with Crippen LogP contribution in [-0.4, -0.2) is 35.6 Å². The summed E-state index contributed by atoms with van der Waals surface area (Å²) in [6.45, 7) is 3.89. The van der Waals surface area contributed by atoms with E-state index in [1.165, 1.54) is 0 Å². The van der Waals surface area contributed by atoms with Crippen molar-refractivity contribution in [2.45, 2.75) is 19.8 Å². The van der Waals surface area contributed by atoms with E-state index in [1.807, 2.05) is 23.1 Å². The molecule has 0 aromatic heterocycles. The Kier molecular flexibility index (Phi) is 5.01. The molecule has 2 rings (SSSR count). The van der Waals surface area contributed by atoms with Crippen LogP contribution < -0.4 is 5.73 Å². The maximum Gasteiger partial charge on any atom is 0.253 e. The summed E-state index contributed by atoms with van der Waals surface area (Å²) in [4.78, 5) is 18.5. The number of amides is 1. The largest absolute Gasteiger partial charge is 0.386 e. The summed E-state index contributed by atoms with van der Waals surface area (Å²) < 4.78 is 0. The van der Waals surface area contributed by atoms with E-state index < -0.39 is 0 Å². The molecule has 1 saturated heterocycles. The Balaban J connectivity index is 2.12. The van der Waals surface area contributed by atoms with Crippen molar-refractivity contribution in [3.63, 3.8) is 0 Å². The summed E-state index contributed by atoms with van der Waals surface area (Å²) >= 11 is 5.61. The lowest BCUT2D eigenvalue weighted by Crippen LogP contribution is -2.37. The van der Waals surface area contributed by atoms with E-state index in [-0.39, 0.29) is 11.8 Å². The first kappa shape index (κ1) is 14.9. The van der Waals surface area contributed by atoms with Gasteiger partial charge < -0.3 is 10.6 Å². The highest BCUT2D eigenvalue weighted by Gasteiger charge is 2.21. The van der Waals surface area contributed by atoms with Crippen LogP contribution in [0, 0.1) is 5.92 Å². The average molecular weight is 294 g/mol. The molecule has 108 valence electrons. The standard InChI is InChI=1S/C15H20ClN3O/c1-11-5-7-19(8-6-11)15(20)12-3-2-4-13(9-12)18-14(17)10-16/h2-4,9,11H,5-8,10H2,1H3,(H2,17,18). The van der Waals surface area contributed by atoms with Gasteiger partial charge in [0.25, 0.3) is 5.91 Å². The Morgan fingerprint density at radius 1 is 1.45 bits per heavy atom. The summed E-state index contributed by atoms with van der Waals surface area (Å²) in [5.41, 5.74) is 6.93. The lowest BCUT2D eigenvalue weighted by atomic mass is 9.98. The highest BCUT2D eigenvalue weighted by Crippen LogP contribution is 2.20. The molecule has 0 bridgehead atoms. The molecule has 5 heteroatoms. The fraction of sp³-hybridized carbons (Fsp3) is 0.467. The predicted molar refractivity (Wildman–Crippen MR) is 82.7 cm³/mol.